The molecule has 1 aromatic heterocycles. The van der Waals surface area contributed by atoms with Crippen molar-refractivity contribution >= 4 is 41.4 Å². The third-order valence-electron chi connectivity index (χ3n) is 2.22. The summed E-state index contributed by atoms with van der Waals surface area (Å²) in [7, 11) is 0. The van der Waals surface area contributed by atoms with Gasteiger partial charge in [0.05, 0.1) is 5.75 Å². The zero-order chi connectivity index (χ0) is 14.4. The summed E-state index contributed by atoms with van der Waals surface area (Å²) in [5.41, 5.74) is 6.38. The first kappa shape index (κ1) is 13.9. The van der Waals surface area contributed by atoms with Gasteiger partial charge in [0.15, 0.2) is 0 Å². The monoisotopic (exact) mass is 293 g/mol. The lowest BCUT2D eigenvalue weighted by Gasteiger charge is -2.05. The van der Waals surface area contributed by atoms with Crippen molar-refractivity contribution in [2.75, 3.05) is 22.1 Å². The fraction of sp³-hybridized carbons (Fsp3) is 0.0909. The molecule has 0 radical (unpaired) electrons. The van der Waals surface area contributed by atoms with Crippen LogP contribution in [0.1, 0.15) is 0 Å². The molecule has 2 rings (SSSR count). The van der Waals surface area contributed by atoms with Gasteiger partial charge in [0.1, 0.15) is 0 Å². The predicted molar refractivity (Wildman–Crippen MR) is 74.2 cm³/mol. The van der Waals surface area contributed by atoms with Gasteiger partial charge in [-0.15, -0.1) is 11.8 Å². The molecule has 104 valence electrons. The summed E-state index contributed by atoms with van der Waals surface area (Å²) >= 11 is 1.29. The molecule has 0 bridgehead atoms. The summed E-state index contributed by atoms with van der Waals surface area (Å²) < 4.78 is 4.42. The van der Waals surface area contributed by atoms with Crippen molar-refractivity contribution in [2.24, 2.45) is 0 Å². The maximum atomic E-state index is 11.8. The number of hydrogen-bond donors (Lipinski definition) is 3. The van der Waals surface area contributed by atoms with Crippen LogP contribution < -0.4 is 16.4 Å². The van der Waals surface area contributed by atoms with Crippen molar-refractivity contribution in [1.82, 2.24) is 10.3 Å². The summed E-state index contributed by atoms with van der Waals surface area (Å²) in [6.45, 7) is 0. The summed E-state index contributed by atoms with van der Waals surface area (Å²) in [6.07, 6.45) is 0.411. The first-order chi connectivity index (χ1) is 9.70. The molecular formula is C11H11N5O3S. The Morgan fingerprint density at radius 1 is 1.35 bits per heavy atom. The Morgan fingerprint density at radius 3 is 2.85 bits per heavy atom. The van der Waals surface area contributed by atoms with E-state index in [9.17, 15) is 9.59 Å². The Labute approximate surface area is 118 Å². The molecular weight excluding hydrogens is 282 g/mol. The van der Waals surface area contributed by atoms with Crippen LogP contribution in [0.2, 0.25) is 0 Å². The number of carbonyl (C=O) groups is 2. The van der Waals surface area contributed by atoms with E-state index in [-0.39, 0.29) is 23.3 Å². The van der Waals surface area contributed by atoms with E-state index in [1.165, 1.54) is 11.8 Å². The average molecular weight is 293 g/mol. The van der Waals surface area contributed by atoms with Crippen molar-refractivity contribution in [3.05, 3.63) is 24.3 Å². The van der Waals surface area contributed by atoms with Crippen LogP contribution in [0, 0.1) is 0 Å². The highest BCUT2D eigenvalue weighted by Crippen LogP contribution is 2.24. The number of carbonyl (C=O) groups excluding carboxylic acids is 2. The van der Waals surface area contributed by atoms with E-state index in [1.54, 1.807) is 6.07 Å². The first-order valence-corrected chi connectivity index (χ1v) is 6.49. The minimum atomic E-state index is -0.317. The molecule has 20 heavy (non-hydrogen) atoms. The lowest BCUT2D eigenvalue weighted by molar-refractivity contribution is -0.113. The highest BCUT2D eigenvalue weighted by Gasteiger charge is 2.13. The highest BCUT2D eigenvalue weighted by atomic mass is 32.2. The summed E-state index contributed by atoms with van der Waals surface area (Å²) in [6, 6.07) is 7.24. The van der Waals surface area contributed by atoms with Crippen LogP contribution in [0.4, 0.5) is 17.3 Å². The number of nitrogens with two attached hydrogens (primary N) is 1. The van der Waals surface area contributed by atoms with Crippen molar-refractivity contribution in [2.45, 2.75) is 4.90 Å². The van der Waals surface area contributed by atoms with Crippen molar-refractivity contribution in [1.29, 1.82) is 0 Å². The molecule has 0 aliphatic heterocycles. The Morgan fingerprint density at radius 2 is 2.10 bits per heavy atom. The highest BCUT2D eigenvalue weighted by molar-refractivity contribution is 8.00. The molecule has 2 amide bonds. The lowest BCUT2D eigenvalue weighted by atomic mass is 10.3. The molecule has 0 spiro atoms. The second-order valence-electron chi connectivity index (χ2n) is 3.60. The van der Waals surface area contributed by atoms with Gasteiger partial charge in [-0.25, -0.2) is 4.63 Å². The van der Waals surface area contributed by atoms with Gasteiger partial charge in [-0.05, 0) is 22.4 Å². The van der Waals surface area contributed by atoms with E-state index in [0.29, 0.717) is 12.1 Å². The second kappa shape index (κ2) is 6.57. The molecule has 9 heteroatoms. The normalized spacial score (nSPS) is 10.0. The summed E-state index contributed by atoms with van der Waals surface area (Å²) in [5.74, 6) is -0.0640. The Balaban J connectivity index is 1.91. The number of nitrogens with zero attached hydrogens (tertiary/aromatic N) is 2. The maximum absolute atomic E-state index is 11.8. The molecule has 0 fully saturated rings. The number of nitrogen functional groups attached to an aromatic ring is 1. The van der Waals surface area contributed by atoms with Crippen LogP contribution in [0.5, 0.6) is 0 Å². The van der Waals surface area contributed by atoms with E-state index in [2.05, 4.69) is 25.6 Å². The zero-order valence-electron chi connectivity index (χ0n) is 10.2. The van der Waals surface area contributed by atoms with E-state index < -0.39 is 0 Å². The molecule has 0 unspecified atom stereocenters. The van der Waals surface area contributed by atoms with Gasteiger partial charge in [0.25, 0.3) is 0 Å². The Bertz CT molecular complexity index is 616. The van der Waals surface area contributed by atoms with E-state index in [1.807, 2.05) is 18.2 Å². The number of benzene rings is 1. The molecule has 4 N–H and O–H groups in total. The number of anilines is 3. The summed E-state index contributed by atoms with van der Waals surface area (Å²) in [4.78, 5) is 22.9. The smallest absolute Gasteiger partial charge is 0.236 e. The van der Waals surface area contributed by atoms with E-state index in [0.717, 1.165) is 4.90 Å². The van der Waals surface area contributed by atoms with E-state index >= 15 is 0 Å². The maximum Gasteiger partial charge on any atom is 0.236 e. The van der Waals surface area contributed by atoms with Crippen LogP contribution in [0.25, 0.3) is 0 Å². The molecule has 1 aromatic carbocycles. The predicted octanol–water partition coefficient (Wildman–Crippen LogP) is 0.951. The van der Waals surface area contributed by atoms with Gasteiger partial charge < -0.3 is 16.4 Å². The van der Waals surface area contributed by atoms with Gasteiger partial charge in [0.2, 0.25) is 24.0 Å². The van der Waals surface area contributed by atoms with Gasteiger partial charge in [0, 0.05) is 10.6 Å². The third-order valence-corrected chi connectivity index (χ3v) is 3.31. The largest absolute Gasteiger partial charge is 0.398 e. The average Bonchev–Trinajstić information content (AvgIpc) is 2.86. The van der Waals surface area contributed by atoms with E-state index in [4.69, 9.17) is 5.73 Å². The fourth-order valence-corrected chi connectivity index (χ4v) is 2.11. The Hall–Kier alpha value is -2.55. The molecule has 8 nitrogen and oxygen atoms in total. The lowest BCUT2D eigenvalue weighted by Crippen LogP contribution is -2.15. The number of aromatic nitrogens is 2. The van der Waals surface area contributed by atoms with Gasteiger partial charge >= 0.3 is 0 Å². The Kier molecular flexibility index (Phi) is 4.56. The van der Waals surface area contributed by atoms with Crippen molar-refractivity contribution < 1.29 is 14.2 Å². The number of rotatable bonds is 6. The molecule has 0 aliphatic rings. The number of amides is 2. The third kappa shape index (κ3) is 3.48. The molecule has 2 aromatic rings. The minimum absolute atomic E-state index is 0.0533. The number of thioether (sulfide) groups is 1. The van der Waals surface area contributed by atoms with Crippen LogP contribution >= 0.6 is 11.8 Å². The van der Waals surface area contributed by atoms with Crippen LogP contribution in [0.15, 0.2) is 33.8 Å². The van der Waals surface area contributed by atoms with Crippen LogP contribution in [0.3, 0.4) is 0 Å². The topological polar surface area (TPSA) is 123 Å². The minimum Gasteiger partial charge on any atom is -0.398 e. The SMILES string of the molecule is Nc1ccccc1SCC(=O)Nc1nonc1NC=O. The molecule has 0 saturated heterocycles. The number of para-hydroxylation sites is 1. The fourth-order valence-electron chi connectivity index (χ4n) is 1.34. The van der Waals surface area contributed by atoms with Crippen LogP contribution in [-0.2, 0) is 9.59 Å². The van der Waals surface area contributed by atoms with Gasteiger partial charge in [-0.2, -0.15) is 0 Å². The number of nitrogens with one attached hydrogen (secondary N) is 2. The first-order valence-electron chi connectivity index (χ1n) is 5.50. The van der Waals surface area contributed by atoms with Crippen LogP contribution in [-0.4, -0.2) is 28.4 Å². The van der Waals surface area contributed by atoms with Gasteiger partial charge in [-0.1, -0.05) is 12.1 Å². The molecule has 1 heterocycles. The molecule has 0 aliphatic carbocycles. The molecule has 0 atom stereocenters. The quantitative estimate of drug-likeness (QED) is 0.411. The zero-order valence-corrected chi connectivity index (χ0v) is 11.0. The van der Waals surface area contributed by atoms with Crippen molar-refractivity contribution in [3.8, 4) is 0 Å². The standard InChI is InChI=1S/C11H11N5O3S/c12-7-3-1-2-4-8(7)20-5-9(18)14-11-10(13-6-17)15-19-16-11/h1-4,6H,5,12H2,(H,13,15,17)(H,14,16,18). The molecule has 0 saturated carbocycles. The van der Waals surface area contributed by atoms with Gasteiger partial charge in [-0.3, -0.25) is 9.59 Å². The second-order valence-corrected chi connectivity index (χ2v) is 4.62. The summed E-state index contributed by atoms with van der Waals surface area (Å²) in [5, 5.41) is 11.6. The number of hydrogen-bond acceptors (Lipinski definition) is 7. The van der Waals surface area contributed by atoms with Crippen molar-refractivity contribution in [3.63, 3.8) is 0 Å².